The van der Waals surface area contributed by atoms with Crippen molar-refractivity contribution in [3.8, 4) is 0 Å². The second-order valence-electron chi connectivity index (χ2n) is 6.93. The molecule has 7 nitrogen and oxygen atoms in total. The van der Waals surface area contributed by atoms with Crippen LogP contribution in [0.25, 0.3) is 0 Å². The number of aryl methyl sites for hydroxylation is 1. The molecule has 1 unspecified atom stereocenters. The van der Waals surface area contributed by atoms with Crippen LogP contribution < -0.4 is 5.32 Å². The van der Waals surface area contributed by atoms with Crippen molar-refractivity contribution in [1.29, 1.82) is 0 Å². The van der Waals surface area contributed by atoms with E-state index in [-0.39, 0.29) is 41.3 Å². The molecular formula is C21H22FN3O4S. The summed E-state index contributed by atoms with van der Waals surface area (Å²) in [4.78, 5) is 16.1. The van der Waals surface area contributed by atoms with Crippen LogP contribution in [-0.2, 0) is 26.8 Å². The van der Waals surface area contributed by atoms with Crippen LogP contribution in [0.5, 0.6) is 0 Å². The number of sulfone groups is 1. The quantitative estimate of drug-likeness (QED) is 0.523. The number of benzene rings is 2. The normalized spacial score (nSPS) is 12.5. The molecule has 9 heteroatoms. The summed E-state index contributed by atoms with van der Waals surface area (Å²) in [5, 5.41) is 6.53. The van der Waals surface area contributed by atoms with E-state index in [0.717, 1.165) is 17.7 Å². The molecule has 0 bridgehead atoms. The van der Waals surface area contributed by atoms with Crippen LogP contribution in [-0.4, -0.2) is 31.0 Å². The van der Waals surface area contributed by atoms with Crippen LogP contribution in [0.4, 0.5) is 4.39 Å². The number of nitrogens with zero attached hydrogens (tertiary/aromatic N) is 2. The molecule has 3 rings (SSSR count). The molecule has 158 valence electrons. The smallest absolute Gasteiger partial charge is 0.227 e. The van der Waals surface area contributed by atoms with Gasteiger partial charge in [-0.3, -0.25) is 4.79 Å². The number of carbonyl (C=O) groups excluding carboxylic acids is 1. The number of rotatable bonds is 9. The molecule has 0 aliphatic heterocycles. The number of carbonyl (C=O) groups is 1. The lowest BCUT2D eigenvalue weighted by atomic mass is 10.0. The first-order valence-corrected chi connectivity index (χ1v) is 11.1. The van der Waals surface area contributed by atoms with Gasteiger partial charge in [0.1, 0.15) is 11.6 Å². The Bertz CT molecular complexity index is 1080. The van der Waals surface area contributed by atoms with Gasteiger partial charge in [0.2, 0.25) is 11.8 Å². The van der Waals surface area contributed by atoms with E-state index in [2.05, 4.69) is 15.5 Å². The summed E-state index contributed by atoms with van der Waals surface area (Å²) < 4.78 is 42.7. The van der Waals surface area contributed by atoms with Gasteiger partial charge < -0.3 is 9.84 Å². The lowest BCUT2D eigenvalue weighted by Crippen LogP contribution is -2.27. The molecule has 0 aliphatic carbocycles. The predicted molar refractivity (Wildman–Crippen MR) is 108 cm³/mol. The molecule has 0 aliphatic rings. The van der Waals surface area contributed by atoms with E-state index in [9.17, 15) is 17.6 Å². The third kappa shape index (κ3) is 5.96. The van der Waals surface area contributed by atoms with Crippen molar-refractivity contribution in [3.05, 3.63) is 77.7 Å². The molecule has 3 aromatic rings. The number of hydrogen-bond donors (Lipinski definition) is 1. The molecule has 1 N–H and O–H groups in total. The lowest BCUT2D eigenvalue weighted by molar-refractivity contribution is -0.121. The van der Waals surface area contributed by atoms with Gasteiger partial charge in [-0.1, -0.05) is 42.4 Å². The second kappa shape index (κ2) is 9.62. The summed E-state index contributed by atoms with van der Waals surface area (Å²) >= 11 is 0. The molecule has 1 amide bonds. The molecule has 1 heterocycles. The molecule has 0 fully saturated rings. The lowest BCUT2D eigenvalue weighted by Gasteiger charge is -2.12. The van der Waals surface area contributed by atoms with Crippen molar-refractivity contribution in [3.63, 3.8) is 0 Å². The Hall–Kier alpha value is -3.07. The van der Waals surface area contributed by atoms with E-state index < -0.39 is 21.4 Å². The number of nitrogens with one attached hydrogen (secondary N) is 1. The third-order valence-corrected chi connectivity index (χ3v) is 6.17. The molecular weight excluding hydrogens is 409 g/mol. The van der Waals surface area contributed by atoms with Crippen LogP contribution in [0.15, 0.2) is 64.0 Å². The van der Waals surface area contributed by atoms with Crippen molar-refractivity contribution in [2.45, 2.75) is 36.3 Å². The Morgan fingerprint density at radius 2 is 1.83 bits per heavy atom. The third-order valence-electron chi connectivity index (χ3n) is 4.54. The Balaban J connectivity index is 1.48. The van der Waals surface area contributed by atoms with Crippen LogP contribution in [0, 0.1) is 5.82 Å². The zero-order valence-corrected chi connectivity index (χ0v) is 17.2. The topological polar surface area (TPSA) is 102 Å². The Morgan fingerprint density at radius 3 is 2.53 bits per heavy atom. The van der Waals surface area contributed by atoms with Crippen molar-refractivity contribution >= 4 is 15.7 Å². The van der Waals surface area contributed by atoms with E-state index in [0.29, 0.717) is 6.54 Å². The van der Waals surface area contributed by atoms with Crippen LogP contribution >= 0.6 is 0 Å². The molecule has 1 atom stereocenters. The van der Waals surface area contributed by atoms with Gasteiger partial charge in [-0.15, -0.1) is 0 Å². The maximum Gasteiger partial charge on any atom is 0.227 e. The number of amides is 1. The minimum absolute atomic E-state index is 0.00701. The van der Waals surface area contributed by atoms with E-state index >= 15 is 0 Å². The SMILES string of the molecule is CC(CNC(=O)CCc1nc(CS(=O)(=O)c2ccc(F)cc2)no1)c1ccccc1. The Morgan fingerprint density at radius 1 is 1.13 bits per heavy atom. The van der Waals surface area contributed by atoms with Gasteiger partial charge in [0.15, 0.2) is 15.7 Å². The average Bonchev–Trinajstić information content (AvgIpc) is 3.18. The van der Waals surface area contributed by atoms with E-state index in [1.54, 1.807) is 0 Å². The van der Waals surface area contributed by atoms with Gasteiger partial charge >= 0.3 is 0 Å². The monoisotopic (exact) mass is 431 g/mol. The number of aromatic nitrogens is 2. The Labute approximate surface area is 174 Å². The highest BCUT2D eigenvalue weighted by Crippen LogP contribution is 2.16. The molecule has 30 heavy (non-hydrogen) atoms. The van der Waals surface area contributed by atoms with E-state index in [1.165, 1.54) is 12.1 Å². The number of hydrogen-bond acceptors (Lipinski definition) is 6. The van der Waals surface area contributed by atoms with E-state index in [1.807, 2.05) is 37.3 Å². The molecule has 1 aromatic heterocycles. The fourth-order valence-electron chi connectivity index (χ4n) is 2.82. The predicted octanol–water partition coefficient (Wildman–Crippen LogP) is 3.04. The Kier molecular flexibility index (Phi) is 6.94. The van der Waals surface area contributed by atoms with Crippen molar-refractivity contribution in [2.24, 2.45) is 0 Å². The number of halogens is 1. The molecule has 0 spiro atoms. The second-order valence-corrected chi connectivity index (χ2v) is 8.92. The summed E-state index contributed by atoms with van der Waals surface area (Å²) in [6.07, 6.45) is 0.350. The average molecular weight is 431 g/mol. The van der Waals surface area contributed by atoms with Gasteiger partial charge in [0, 0.05) is 19.4 Å². The van der Waals surface area contributed by atoms with Crippen LogP contribution in [0.3, 0.4) is 0 Å². The summed E-state index contributed by atoms with van der Waals surface area (Å²) in [6.45, 7) is 2.54. The largest absolute Gasteiger partial charge is 0.355 e. The van der Waals surface area contributed by atoms with E-state index in [4.69, 9.17) is 4.52 Å². The first-order valence-electron chi connectivity index (χ1n) is 9.45. The highest BCUT2D eigenvalue weighted by molar-refractivity contribution is 7.90. The highest BCUT2D eigenvalue weighted by Gasteiger charge is 2.20. The van der Waals surface area contributed by atoms with Crippen molar-refractivity contribution in [1.82, 2.24) is 15.5 Å². The summed E-state index contributed by atoms with van der Waals surface area (Å²) in [7, 11) is -3.72. The minimum Gasteiger partial charge on any atom is -0.355 e. The summed E-state index contributed by atoms with van der Waals surface area (Å²) in [6, 6.07) is 14.4. The first kappa shape index (κ1) is 21.6. The highest BCUT2D eigenvalue weighted by atomic mass is 32.2. The molecule has 0 radical (unpaired) electrons. The molecule has 0 saturated carbocycles. The maximum absolute atomic E-state index is 13.0. The van der Waals surface area contributed by atoms with Gasteiger partial charge in [-0.05, 0) is 35.7 Å². The minimum atomic E-state index is -3.72. The summed E-state index contributed by atoms with van der Waals surface area (Å²) in [5.41, 5.74) is 1.14. The molecule has 2 aromatic carbocycles. The van der Waals surface area contributed by atoms with Gasteiger partial charge in [-0.25, -0.2) is 12.8 Å². The fraction of sp³-hybridized carbons (Fsp3) is 0.286. The molecule has 0 saturated heterocycles. The van der Waals surface area contributed by atoms with Gasteiger partial charge in [-0.2, -0.15) is 4.98 Å². The summed E-state index contributed by atoms with van der Waals surface area (Å²) in [5.74, 6) is -0.786. The van der Waals surface area contributed by atoms with Gasteiger partial charge in [0.25, 0.3) is 0 Å². The zero-order valence-electron chi connectivity index (χ0n) is 16.4. The van der Waals surface area contributed by atoms with Crippen LogP contribution in [0.1, 0.15) is 36.5 Å². The van der Waals surface area contributed by atoms with Crippen molar-refractivity contribution in [2.75, 3.05) is 6.54 Å². The standard InChI is InChI=1S/C21H22FN3O4S/c1-15(16-5-3-2-4-6-16)13-23-20(26)11-12-21-24-19(25-29-21)14-30(27,28)18-9-7-17(22)8-10-18/h2-10,15H,11-14H2,1H3,(H,23,26). The van der Waals surface area contributed by atoms with Crippen LogP contribution in [0.2, 0.25) is 0 Å². The van der Waals surface area contributed by atoms with Crippen molar-refractivity contribution < 1.29 is 22.1 Å². The zero-order chi connectivity index (χ0) is 21.6. The first-order chi connectivity index (χ1) is 14.3. The van der Waals surface area contributed by atoms with Gasteiger partial charge in [0.05, 0.1) is 4.90 Å². The maximum atomic E-state index is 13.0. The fourth-order valence-corrected chi connectivity index (χ4v) is 4.00.